The van der Waals surface area contributed by atoms with Gasteiger partial charge in [-0.25, -0.2) is 9.97 Å². The summed E-state index contributed by atoms with van der Waals surface area (Å²) < 4.78 is 6.02. The summed E-state index contributed by atoms with van der Waals surface area (Å²) in [4.78, 5) is 11.5. The van der Waals surface area contributed by atoms with Crippen molar-refractivity contribution in [3.8, 4) is 5.75 Å². The lowest BCUT2D eigenvalue weighted by molar-refractivity contribution is 0.255. The highest BCUT2D eigenvalue weighted by Gasteiger charge is 2.31. The molecule has 6 heteroatoms. The van der Waals surface area contributed by atoms with Crippen LogP contribution in [0.5, 0.6) is 5.75 Å². The summed E-state index contributed by atoms with van der Waals surface area (Å²) in [5.41, 5.74) is 0. The second-order valence-electron chi connectivity index (χ2n) is 6.30. The third-order valence-corrected chi connectivity index (χ3v) is 4.39. The maximum Gasteiger partial charge on any atom is 0.204 e. The number of fused-ring (bicyclic) bond motifs is 1. The van der Waals surface area contributed by atoms with E-state index in [0.717, 1.165) is 42.7 Å². The van der Waals surface area contributed by atoms with Crippen molar-refractivity contribution in [2.24, 2.45) is 5.92 Å². The largest absolute Gasteiger partial charge is 0.484 e. The van der Waals surface area contributed by atoms with Crippen molar-refractivity contribution < 1.29 is 4.74 Å². The summed E-state index contributed by atoms with van der Waals surface area (Å²) in [6.07, 6.45) is 1.14. The predicted octanol–water partition coefficient (Wildman–Crippen LogP) is 1.41. The average molecular weight is 291 g/mol. The Hall–Kier alpha value is -1.56. The number of nitrogens with zero attached hydrogens (tertiary/aromatic N) is 3. The van der Waals surface area contributed by atoms with Crippen LogP contribution >= 0.6 is 0 Å². The highest BCUT2D eigenvalue weighted by molar-refractivity contribution is 5.67. The van der Waals surface area contributed by atoms with Crippen LogP contribution in [0, 0.1) is 12.8 Å². The van der Waals surface area contributed by atoms with Crippen LogP contribution in [-0.2, 0) is 0 Å². The quantitative estimate of drug-likeness (QED) is 0.878. The summed E-state index contributed by atoms with van der Waals surface area (Å²) in [5.74, 6) is 3.89. The number of hydrogen-bond acceptors (Lipinski definition) is 6. The molecule has 21 heavy (non-hydrogen) atoms. The van der Waals surface area contributed by atoms with Crippen molar-refractivity contribution in [3.05, 3.63) is 5.82 Å². The van der Waals surface area contributed by atoms with Gasteiger partial charge in [-0.05, 0) is 26.3 Å². The molecule has 1 saturated heterocycles. The predicted molar refractivity (Wildman–Crippen MR) is 84.2 cm³/mol. The number of aryl methyl sites for hydroxylation is 1. The van der Waals surface area contributed by atoms with Gasteiger partial charge in [-0.1, -0.05) is 13.8 Å². The number of rotatable bonds is 3. The maximum atomic E-state index is 6.02. The molecule has 1 aromatic rings. The van der Waals surface area contributed by atoms with Gasteiger partial charge in [0.05, 0.1) is 6.04 Å². The first-order valence-electron chi connectivity index (χ1n) is 7.78. The van der Waals surface area contributed by atoms with E-state index in [1.165, 1.54) is 0 Å². The van der Waals surface area contributed by atoms with E-state index in [9.17, 15) is 0 Å². The number of anilines is 2. The SMILES string of the molecule is CN[C@@H]1CCN(c2nc(C)nc3c2OCC(C(C)C)N3)C1. The monoisotopic (exact) mass is 291 g/mol. The normalized spacial score (nSPS) is 24.7. The van der Waals surface area contributed by atoms with Crippen molar-refractivity contribution in [2.75, 3.05) is 37.0 Å². The highest BCUT2D eigenvalue weighted by atomic mass is 16.5. The zero-order valence-corrected chi connectivity index (χ0v) is 13.3. The van der Waals surface area contributed by atoms with Crippen molar-refractivity contribution in [2.45, 2.75) is 39.3 Å². The Labute approximate surface area is 126 Å². The van der Waals surface area contributed by atoms with E-state index in [2.05, 4.69) is 39.3 Å². The summed E-state index contributed by atoms with van der Waals surface area (Å²) in [6.45, 7) is 8.98. The van der Waals surface area contributed by atoms with Gasteiger partial charge in [-0.2, -0.15) is 0 Å². The fourth-order valence-electron chi connectivity index (χ4n) is 2.93. The van der Waals surface area contributed by atoms with E-state index in [1.54, 1.807) is 0 Å². The highest BCUT2D eigenvalue weighted by Crippen LogP contribution is 2.38. The first-order chi connectivity index (χ1) is 10.1. The second-order valence-corrected chi connectivity index (χ2v) is 6.30. The molecule has 2 atom stereocenters. The molecule has 0 saturated carbocycles. The van der Waals surface area contributed by atoms with E-state index in [0.29, 0.717) is 24.6 Å². The minimum atomic E-state index is 0.309. The van der Waals surface area contributed by atoms with E-state index in [-0.39, 0.29) is 0 Å². The Kier molecular flexibility index (Phi) is 3.89. The summed E-state index contributed by atoms with van der Waals surface area (Å²) in [5, 5.41) is 6.85. The molecule has 2 aliphatic rings. The van der Waals surface area contributed by atoms with Gasteiger partial charge in [0.25, 0.3) is 0 Å². The van der Waals surface area contributed by atoms with Crippen LogP contribution < -0.4 is 20.3 Å². The van der Waals surface area contributed by atoms with Gasteiger partial charge in [0.15, 0.2) is 11.6 Å². The number of nitrogens with one attached hydrogen (secondary N) is 2. The number of ether oxygens (including phenoxy) is 1. The maximum absolute atomic E-state index is 6.02. The second kappa shape index (κ2) is 5.67. The van der Waals surface area contributed by atoms with Gasteiger partial charge in [0, 0.05) is 19.1 Å². The molecule has 0 aliphatic carbocycles. The van der Waals surface area contributed by atoms with Gasteiger partial charge in [-0.15, -0.1) is 0 Å². The third kappa shape index (κ3) is 2.77. The Morgan fingerprint density at radius 3 is 2.86 bits per heavy atom. The van der Waals surface area contributed by atoms with Crippen molar-refractivity contribution in [1.29, 1.82) is 0 Å². The molecular formula is C15H25N5O. The smallest absolute Gasteiger partial charge is 0.204 e. The lowest BCUT2D eigenvalue weighted by atomic mass is 10.0. The molecule has 0 aromatic carbocycles. The summed E-state index contributed by atoms with van der Waals surface area (Å²) >= 11 is 0. The molecule has 6 nitrogen and oxygen atoms in total. The molecule has 116 valence electrons. The molecule has 0 amide bonds. The van der Waals surface area contributed by atoms with Gasteiger partial charge in [0.2, 0.25) is 5.75 Å². The first kappa shape index (κ1) is 14.4. The molecule has 3 heterocycles. The van der Waals surface area contributed by atoms with E-state index in [4.69, 9.17) is 4.74 Å². The first-order valence-corrected chi connectivity index (χ1v) is 7.78. The molecule has 1 unspecified atom stereocenters. The van der Waals surface area contributed by atoms with Gasteiger partial charge < -0.3 is 20.3 Å². The van der Waals surface area contributed by atoms with Crippen molar-refractivity contribution in [1.82, 2.24) is 15.3 Å². The van der Waals surface area contributed by atoms with Crippen molar-refractivity contribution >= 4 is 11.6 Å². The van der Waals surface area contributed by atoms with Gasteiger partial charge in [0.1, 0.15) is 12.4 Å². The van der Waals surface area contributed by atoms with Crippen molar-refractivity contribution in [3.63, 3.8) is 0 Å². The average Bonchev–Trinajstić information content (AvgIpc) is 2.94. The lowest BCUT2D eigenvalue weighted by Gasteiger charge is -2.31. The Morgan fingerprint density at radius 1 is 1.38 bits per heavy atom. The number of aromatic nitrogens is 2. The summed E-state index contributed by atoms with van der Waals surface area (Å²) in [6, 6.07) is 0.833. The van der Waals surface area contributed by atoms with Crippen LogP contribution in [0.2, 0.25) is 0 Å². The lowest BCUT2D eigenvalue weighted by Crippen LogP contribution is -2.37. The molecule has 3 rings (SSSR count). The number of hydrogen-bond donors (Lipinski definition) is 2. The molecular weight excluding hydrogens is 266 g/mol. The standard InChI is InChI=1S/C15H25N5O/c1-9(2)12-8-21-13-14(19-12)17-10(3)18-15(13)20-6-5-11(7-20)16-4/h9,11-12,16H,5-8H2,1-4H3,(H,17,18,19)/t11-,12?/m1/s1. The van der Waals surface area contributed by atoms with Gasteiger partial charge in [-0.3, -0.25) is 0 Å². The van der Waals surface area contributed by atoms with Crippen LogP contribution in [0.1, 0.15) is 26.1 Å². The third-order valence-electron chi connectivity index (χ3n) is 4.39. The van der Waals surface area contributed by atoms with Crippen LogP contribution in [-0.4, -0.2) is 48.8 Å². The minimum absolute atomic E-state index is 0.309. The molecule has 2 aliphatic heterocycles. The topological polar surface area (TPSA) is 62.3 Å². The molecule has 0 spiro atoms. The van der Waals surface area contributed by atoms with Crippen LogP contribution in [0.25, 0.3) is 0 Å². The van der Waals surface area contributed by atoms with Crippen LogP contribution in [0.3, 0.4) is 0 Å². The fraction of sp³-hybridized carbons (Fsp3) is 0.733. The van der Waals surface area contributed by atoms with Crippen LogP contribution in [0.15, 0.2) is 0 Å². The zero-order valence-electron chi connectivity index (χ0n) is 13.3. The Bertz CT molecular complexity index is 519. The van der Waals surface area contributed by atoms with Gasteiger partial charge >= 0.3 is 0 Å². The minimum Gasteiger partial charge on any atom is -0.484 e. The zero-order chi connectivity index (χ0) is 15.0. The molecule has 1 fully saturated rings. The molecule has 0 bridgehead atoms. The Balaban J connectivity index is 1.89. The molecule has 2 N–H and O–H groups in total. The van der Waals surface area contributed by atoms with E-state index >= 15 is 0 Å². The summed E-state index contributed by atoms with van der Waals surface area (Å²) in [7, 11) is 2.01. The fourth-order valence-corrected chi connectivity index (χ4v) is 2.93. The molecule has 0 radical (unpaired) electrons. The van der Waals surface area contributed by atoms with E-state index < -0.39 is 0 Å². The Morgan fingerprint density at radius 2 is 2.19 bits per heavy atom. The number of likely N-dealkylation sites (N-methyl/N-ethyl adjacent to an activating group) is 1. The van der Waals surface area contributed by atoms with Crippen LogP contribution in [0.4, 0.5) is 11.6 Å². The molecule has 1 aromatic heterocycles. The van der Waals surface area contributed by atoms with E-state index in [1.807, 2.05) is 14.0 Å².